The van der Waals surface area contributed by atoms with Crippen LogP contribution in [0.5, 0.6) is 5.75 Å². The number of nitro groups is 1. The molecule has 1 amide bonds. The zero-order valence-electron chi connectivity index (χ0n) is 15.1. The van der Waals surface area contributed by atoms with E-state index >= 15 is 0 Å². The van der Waals surface area contributed by atoms with Crippen LogP contribution in [0.1, 0.15) is 11.1 Å². The molecule has 0 saturated carbocycles. The molecular formula is C19H17ClN2O6. The van der Waals surface area contributed by atoms with Gasteiger partial charge in [-0.2, -0.15) is 0 Å². The van der Waals surface area contributed by atoms with Crippen LogP contribution in [0.3, 0.4) is 0 Å². The minimum Gasteiger partial charge on any atom is -0.495 e. The fourth-order valence-corrected chi connectivity index (χ4v) is 2.41. The Hall–Kier alpha value is -3.39. The molecular weight excluding hydrogens is 388 g/mol. The van der Waals surface area contributed by atoms with Crippen LogP contribution < -0.4 is 10.1 Å². The lowest BCUT2D eigenvalue weighted by atomic mass is 10.2. The highest BCUT2D eigenvalue weighted by atomic mass is 35.5. The van der Waals surface area contributed by atoms with Crippen molar-refractivity contribution in [1.82, 2.24) is 0 Å². The third-order valence-electron chi connectivity index (χ3n) is 3.55. The maximum absolute atomic E-state index is 12.0. The van der Waals surface area contributed by atoms with Crippen molar-refractivity contribution >= 4 is 40.9 Å². The van der Waals surface area contributed by atoms with Crippen molar-refractivity contribution in [1.29, 1.82) is 0 Å². The number of aryl methyl sites for hydroxylation is 1. The van der Waals surface area contributed by atoms with Crippen LogP contribution in [0.25, 0.3) is 6.08 Å². The molecule has 0 heterocycles. The molecule has 0 spiro atoms. The SMILES string of the molecule is COc1ccc(C)cc1NC(=O)COC(=O)/C=C/c1ccc(Cl)c([N+](=O)[O-])c1. The Labute approximate surface area is 165 Å². The number of carbonyl (C=O) groups excluding carboxylic acids is 2. The van der Waals surface area contributed by atoms with Crippen molar-refractivity contribution in [3.05, 3.63) is 68.7 Å². The van der Waals surface area contributed by atoms with Crippen LogP contribution in [0.2, 0.25) is 5.02 Å². The minimum absolute atomic E-state index is 0.00651. The molecule has 0 saturated heterocycles. The highest BCUT2D eigenvalue weighted by Crippen LogP contribution is 2.26. The quantitative estimate of drug-likeness (QED) is 0.326. The molecule has 0 unspecified atom stereocenters. The molecule has 0 aliphatic carbocycles. The molecule has 0 aliphatic heterocycles. The second-order valence-corrected chi connectivity index (χ2v) is 6.07. The van der Waals surface area contributed by atoms with Gasteiger partial charge in [0.1, 0.15) is 10.8 Å². The number of hydrogen-bond acceptors (Lipinski definition) is 6. The second-order valence-electron chi connectivity index (χ2n) is 5.66. The molecule has 8 nitrogen and oxygen atoms in total. The number of halogens is 1. The van der Waals surface area contributed by atoms with Gasteiger partial charge < -0.3 is 14.8 Å². The summed E-state index contributed by atoms with van der Waals surface area (Å²) in [6.45, 7) is 1.36. The molecule has 0 bridgehead atoms. The zero-order valence-corrected chi connectivity index (χ0v) is 15.9. The Morgan fingerprint density at radius 3 is 2.68 bits per heavy atom. The molecule has 1 N–H and O–H groups in total. The van der Waals surface area contributed by atoms with Gasteiger partial charge in [0.05, 0.1) is 17.7 Å². The van der Waals surface area contributed by atoms with Crippen molar-refractivity contribution < 1.29 is 24.0 Å². The molecule has 146 valence electrons. The number of amides is 1. The summed E-state index contributed by atoms with van der Waals surface area (Å²) < 4.78 is 10.0. The van der Waals surface area contributed by atoms with Crippen LogP contribution in [-0.2, 0) is 14.3 Å². The molecule has 2 aromatic rings. The molecule has 9 heteroatoms. The van der Waals surface area contributed by atoms with Gasteiger partial charge in [-0.1, -0.05) is 23.7 Å². The first-order valence-corrected chi connectivity index (χ1v) is 8.41. The third kappa shape index (κ3) is 5.82. The van der Waals surface area contributed by atoms with Gasteiger partial charge in [-0.3, -0.25) is 14.9 Å². The van der Waals surface area contributed by atoms with E-state index in [1.807, 2.05) is 13.0 Å². The number of ether oxygens (including phenoxy) is 2. The number of nitrogens with zero attached hydrogens (tertiary/aromatic N) is 1. The molecule has 0 radical (unpaired) electrons. The van der Waals surface area contributed by atoms with Crippen molar-refractivity contribution in [2.45, 2.75) is 6.92 Å². The summed E-state index contributed by atoms with van der Waals surface area (Å²) in [6.07, 6.45) is 2.39. The van der Waals surface area contributed by atoms with Crippen LogP contribution >= 0.6 is 11.6 Å². The molecule has 0 aromatic heterocycles. The van der Waals surface area contributed by atoms with E-state index in [1.54, 1.807) is 12.1 Å². The molecule has 28 heavy (non-hydrogen) atoms. The summed E-state index contributed by atoms with van der Waals surface area (Å²) >= 11 is 5.73. The van der Waals surface area contributed by atoms with E-state index in [9.17, 15) is 19.7 Å². The van der Waals surface area contributed by atoms with E-state index in [2.05, 4.69) is 5.32 Å². The summed E-state index contributed by atoms with van der Waals surface area (Å²) in [5.41, 5.74) is 1.51. The van der Waals surface area contributed by atoms with Gasteiger partial charge >= 0.3 is 5.97 Å². The van der Waals surface area contributed by atoms with Gasteiger partial charge in [0, 0.05) is 12.1 Å². The van der Waals surface area contributed by atoms with Crippen LogP contribution in [-0.4, -0.2) is 30.5 Å². The fraction of sp³-hybridized carbons (Fsp3) is 0.158. The Kier molecular flexibility index (Phi) is 7.11. The third-order valence-corrected chi connectivity index (χ3v) is 3.87. The van der Waals surface area contributed by atoms with Crippen LogP contribution in [0.4, 0.5) is 11.4 Å². The molecule has 2 aromatic carbocycles. The summed E-state index contributed by atoms with van der Waals surface area (Å²) in [6, 6.07) is 9.36. The highest BCUT2D eigenvalue weighted by Gasteiger charge is 2.12. The monoisotopic (exact) mass is 404 g/mol. The summed E-state index contributed by atoms with van der Waals surface area (Å²) in [7, 11) is 1.48. The first kappa shape index (κ1) is 20.9. The number of esters is 1. The number of nitro benzene ring substituents is 1. The van der Waals surface area contributed by atoms with Gasteiger partial charge in [-0.15, -0.1) is 0 Å². The normalized spacial score (nSPS) is 10.5. The largest absolute Gasteiger partial charge is 0.495 e. The number of nitrogens with one attached hydrogen (secondary N) is 1. The lowest BCUT2D eigenvalue weighted by Crippen LogP contribution is -2.20. The summed E-state index contributed by atoms with van der Waals surface area (Å²) in [5.74, 6) is -0.828. The molecule has 0 atom stereocenters. The van der Waals surface area contributed by atoms with Gasteiger partial charge in [0.15, 0.2) is 6.61 Å². The van der Waals surface area contributed by atoms with Crippen LogP contribution in [0, 0.1) is 17.0 Å². The standard InChI is InChI=1S/C19H17ClN2O6/c1-12-3-7-17(27-2)15(9-12)21-18(23)11-28-19(24)8-5-13-4-6-14(20)16(10-13)22(25)26/h3-10H,11H2,1-2H3,(H,21,23)/b8-5+. The molecule has 0 fully saturated rings. The minimum atomic E-state index is -0.774. The lowest BCUT2D eigenvalue weighted by molar-refractivity contribution is -0.384. The molecule has 2 rings (SSSR count). The number of carbonyl (C=O) groups is 2. The second kappa shape index (κ2) is 9.52. The van der Waals surface area contributed by atoms with Crippen molar-refractivity contribution in [3.8, 4) is 5.75 Å². The zero-order chi connectivity index (χ0) is 20.7. The average molecular weight is 405 g/mol. The Morgan fingerprint density at radius 2 is 2.00 bits per heavy atom. The van der Waals surface area contributed by atoms with Gasteiger partial charge in [-0.25, -0.2) is 4.79 Å². The predicted octanol–water partition coefficient (Wildman–Crippen LogP) is 3.76. The average Bonchev–Trinajstić information content (AvgIpc) is 2.65. The lowest BCUT2D eigenvalue weighted by Gasteiger charge is -2.10. The predicted molar refractivity (Wildman–Crippen MR) is 104 cm³/mol. The smallest absolute Gasteiger partial charge is 0.331 e. The maximum Gasteiger partial charge on any atom is 0.331 e. The van der Waals surface area contributed by atoms with Crippen molar-refractivity contribution in [3.63, 3.8) is 0 Å². The Bertz CT molecular complexity index is 942. The van der Waals surface area contributed by atoms with Gasteiger partial charge in [0.25, 0.3) is 11.6 Å². The van der Waals surface area contributed by atoms with E-state index < -0.39 is 23.4 Å². The number of rotatable bonds is 7. The first-order valence-electron chi connectivity index (χ1n) is 8.03. The summed E-state index contributed by atoms with van der Waals surface area (Å²) in [5, 5.41) is 13.5. The van der Waals surface area contributed by atoms with E-state index in [0.717, 1.165) is 11.6 Å². The fourth-order valence-electron chi connectivity index (χ4n) is 2.23. The Balaban J connectivity index is 1.93. The van der Waals surface area contributed by atoms with E-state index in [1.165, 1.54) is 31.4 Å². The van der Waals surface area contributed by atoms with Crippen LogP contribution in [0.15, 0.2) is 42.5 Å². The van der Waals surface area contributed by atoms with Crippen molar-refractivity contribution in [2.24, 2.45) is 0 Å². The van der Waals surface area contributed by atoms with E-state index in [0.29, 0.717) is 17.0 Å². The number of methoxy groups -OCH3 is 1. The van der Waals surface area contributed by atoms with Gasteiger partial charge in [0.2, 0.25) is 0 Å². The summed E-state index contributed by atoms with van der Waals surface area (Å²) in [4.78, 5) is 34.0. The first-order chi connectivity index (χ1) is 13.3. The number of benzene rings is 2. The maximum atomic E-state index is 12.0. The van der Waals surface area contributed by atoms with E-state index in [-0.39, 0.29) is 10.7 Å². The highest BCUT2D eigenvalue weighted by molar-refractivity contribution is 6.32. The van der Waals surface area contributed by atoms with E-state index in [4.69, 9.17) is 21.1 Å². The number of anilines is 1. The molecule has 0 aliphatic rings. The number of hydrogen-bond donors (Lipinski definition) is 1. The Morgan fingerprint density at radius 1 is 1.25 bits per heavy atom. The topological polar surface area (TPSA) is 108 Å². The van der Waals surface area contributed by atoms with Crippen molar-refractivity contribution in [2.75, 3.05) is 19.0 Å². The van der Waals surface area contributed by atoms with Gasteiger partial charge in [-0.05, 0) is 42.3 Å².